The molecule has 2 aromatic rings. The van der Waals surface area contributed by atoms with Gasteiger partial charge in [0.25, 0.3) is 0 Å². The minimum absolute atomic E-state index is 0.465. The van der Waals surface area contributed by atoms with E-state index < -0.39 is 0 Å². The van der Waals surface area contributed by atoms with Gasteiger partial charge in [0.1, 0.15) is 6.29 Å². The van der Waals surface area contributed by atoms with Gasteiger partial charge < -0.3 is 0 Å². The lowest BCUT2D eigenvalue weighted by Crippen LogP contribution is -1.89. The molecule has 0 aliphatic rings. The van der Waals surface area contributed by atoms with Gasteiger partial charge in [0.2, 0.25) is 0 Å². The number of allylic oxidation sites excluding steroid dienone is 1. The molecular weight excluding hydrogens is 336 g/mol. The van der Waals surface area contributed by atoms with Gasteiger partial charge in [-0.2, -0.15) is 0 Å². The molecule has 0 unspecified atom stereocenters. The van der Waals surface area contributed by atoms with Crippen LogP contribution in [0.25, 0.3) is 17.2 Å². The number of rotatable bonds is 11. The summed E-state index contributed by atoms with van der Waals surface area (Å²) < 4.78 is 0. The summed E-state index contributed by atoms with van der Waals surface area (Å²) in [5.41, 5.74) is 3.84. The third-order valence-electron chi connectivity index (χ3n) is 4.73. The van der Waals surface area contributed by atoms with E-state index in [1.807, 2.05) is 17.4 Å². The number of unbranched alkanes of at least 4 members (excludes halogenated alkanes) is 5. The molecule has 0 aliphatic carbocycles. The van der Waals surface area contributed by atoms with E-state index in [0.717, 1.165) is 12.7 Å². The molecule has 0 saturated heterocycles. The van der Waals surface area contributed by atoms with Crippen molar-refractivity contribution in [3.05, 3.63) is 51.7 Å². The van der Waals surface area contributed by atoms with E-state index >= 15 is 0 Å². The minimum atomic E-state index is 0.465. The Morgan fingerprint density at radius 3 is 2.35 bits per heavy atom. The normalized spacial score (nSPS) is 11.5. The summed E-state index contributed by atoms with van der Waals surface area (Å²) >= 11 is 1.94. The summed E-state index contributed by atoms with van der Waals surface area (Å²) in [6.45, 7) is 6.75. The lowest BCUT2D eigenvalue weighted by molar-refractivity contribution is -0.104. The highest BCUT2D eigenvalue weighted by atomic mass is 32.1. The molecule has 0 amide bonds. The Bertz CT molecular complexity index is 695. The highest BCUT2D eigenvalue weighted by Crippen LogP contribution is 2.41. The molecular formula is C24H32OS. The summed E-state index contributed by atoms with van der Waals surface area (Å²) in [5, 5.41) is 0. The predicted octanol–water partition coefficient (Wildman–Crippen LogP) is 7.65. The van der Waals surface area contributed by atoms with Crippen molar-refractivity contribution in [2.24, 2.45) is 0 Å². The second-order valence-corrected chi connectivity index (χ2v) is 8.35. The van der Waals surface area contributed by atoms with E-state index in [0.29, 0.717) is 5.92 Å². The first-order valence-corrected chi connectivity index (χ1v) is 10.8. The molecule has 1 nitrogen and oxygen atoms in total. The van der Waals surface area contributed by atoms with Gasteiger partial charge in [0, 0.05) is 15.3 Å². The predicted molar refractivity (Wildman–Crippen MR) is 116 cm³/mol. The highest BCUT2D eigenvalue weighted by molar-refractivity contribution is 7.13. The fourth-order valence-electron chi connectivity index (χ4n) is 3.41. The Hall–Kier alpha value is -1.67. The molecule has 1 aromatic heterocycles. The second-order valence-electron chi connectivity index (χ2n) is 7.21. The lowest BCUT2D eigenvalue weighted by Gasteiger charge is -2.08. The zero-order valence-corrected chi connectivity index (χ0v) is 17.3. The lowest BCUT2D eigenvalue weighted by atomic mass is 9.95. The summed E-state index contributed by atoms with van der Waals surface area (Å²) in [4.78, 5) is 13.8. The standard InChI is InChI=1S/C24H32OS/c1-4-5-6-7-8-12-17-22-23(20-14-10-9-11-15-20)21(16-13-18-25)24(26-22)19(2)3/h9-11,13-16,18-19H,4-8,12,17H2,1-3H3/b16-13+. The molecule has 0 radical (unpaired) electrons. The molecule has 0 bridgehead atoms. The Morgan fingerprint density at radius 1 is 1.00 bits per heavy atom. The van der Waals surface area contributed by atoms with Gasteiger partial charge in [0.05, 0.1) is 0 Å². The maximum atomic E-state index is 10.9. The van der Waals surface area contributed by atoms with E-state index in [4.69, 9.17) is 0 Å². The SMILES string of the molecule is CCCCCCCCc1sc(C(C)C)c(/C=C/C=O)c1-c1ccccc1. The third kappa shape index (κ3) is 5.67. The van der Waals surface area contributed by atoms with Gasteiger partial charge in [-0.05, 0) is 42.0 Å². The van der Waals surface area contributed by atoms with Crippen LogP contribution in [0, 0.1) is 0 Å². The van der Waals surface area contributed by atoms with Gasteiger partial charge in [-0.3, -0.25) is 4.79 Å². The molecule has 0 fully saturated rings. The molecule has 0 saturated carbocycles. The zero-order chi connectivity index (χ0) is 18.8. The molecule has 2 heteroatoms. The van der Waals surface area contributed by atoms with E-state index in [2.05, 4.69) is 51.1 Å². The van der Waals surface area contributed by atoms with E-state index in [1.165, 1.54) is 65.0 Å². The van der Waals surface area contributed by atoms with Crippen molar-refractivity contribution >= 4 is 23.7 Å². The van der Waals surface area contributed by atoms with E-state index in [1.54, 1.807) is 6.08 Å². The van der Waals surface area contributed by atoms with Crippen molar-refractivity contribution in [2.75, 3.05) is 0 Å². The van der Waals surface area contributed by atoms with Crippen LogP contribution in [0.4, 0.5) is 0 Å². The van der Waals surface area contributed by atoms with Crippen LogP contribution in [0.15, 0.2) is 36.4 Å². The first kappa shape index (κ1) is 20.6. The van der Waals surface area contributed by atoms with Crippen LogP contribution in [0.5, 0.6) is 0 Å². The summed E-state index contributed by atoms with van der Waals surface area (Å²) in [6, 6.07) is 10.6. The van der Waals surface area contributed by atoms with Crippen molar-refractivity contribution in [1.29, 1.82) is 0 Å². The monoisotopic (exact) mass is 368 g/mol. The Labute approximate surface area is 163 Å². The smallest absolute Gasteiger partial charge is 0.142 e. The number of aryl methyl sites for hydroxylation is 1. The molecule has 1 aromatic carbocycles. The van der Waals surface area contributed by atoms with Crippen molar-refractivity contribution in [3.8, 4) is 11.1 Å². The third-order valence-corrected chi connectivity index (χ3v) is 6.30. The number of carbonyl (C=O) groups is 1. The maximum Gasteiger partial charge on any atom is 0.142 e. The molecule has 2 rings (SSSR count). The number of benzene rings is 1. The van der Waals surface area contributed by atoms with Gasteiger partial charge in [-0.15, -0.1) is 11.3 Å². The number of hydrogen-bond acceptors (Lipinski definition) is 2. The highest BCUT2D eigenvalue weighted by Gasteiger charge is 2.19. The van der Waals surface area contributed by atoms with Crippen LogP contribution in [0.2, 0.25) is 0 Å². The van der Waals surface area contributed by atoms with Gasteiger partial charge >= 0.3 is 0 Å². The van der Waals surface area contributed by atoms with Crippen LogP contribution in [0.3, 0.4) is 0 Å². The van der Waals surface area contributed by atoms with Crippen molar-refractivity contribution in [3.63, 3.8) is 0 Å². The van der Waals surface area contributed by atoms with Crippen LogP contribution in [-0.2, 0) is 11.2 Å². The van der Waals surface area contributed by atoms with Crippen molar-refractivity contribution in [2.45, 2.75) is 71.6 Å². The molecule has 0 aliphatic heterocycles. The summed E-state index contributed by atoms with van der Waals surface area (Å²) in [5.74, 6) is 0.465. The fraction of sp³-hybridized carbons (Fsp3) is 0.458. The van der Waals surface area contributed by atoms with Crippen molar-refractivity contribution in [1.82, 2.24) is 0 Å². The van der Waals surface area contributed by atoms with Crippen molar-refractivity contribution < 1.29 is 4.79 Å². The quantitative estimate of drug-likeness (QED) is 0.226. The Kier molecular flexibility index (Phi) is 8.84. The molecule has 1 heterocycles. The minimum Gasteiger partial charge on any atom is -0.299 e. The first-order valence-electron chi connectivity index (χ1n) is 10.0. The maximum absolute atomic E-state index is 10.9. The fourth-order valence-corrected chi connectivity index (χ4v) is 4.76. The van der Waals surface area contributed by atoms with Crippen LogP contribution < -0.4 is 0 Å². The molecule has 140 valence electrons. The second kappa shape index (κ2) is 11.1. The largest absolute Gasteiger partial charge is 0.299 e. The van der Waals surface area contributed by atoms with E-state index in [9.17, 15) is 4.79 Å². The van der Waals surface area contributed by atoms with E-state index in [-0.39, 0.29) is 0 Å². The van der Waals surface area contributed by atoms with Crippen LogP contribution >= 0.6 is 11.3 Å². The zero-order valence-electron chi connectivity index (χ0n) is 16.5. The van der Waals surface area contributed by atoms with Gasteiger partial charge in [0.15, 0.2) is 0 Å². The van der Waals surface area contributed by atoms with Gasteiger partial charge in [-0.25, -0.2) is 0 Å². The molecule has 0 N–H and O–H groups in total. The number of thiophene rings is 1. The average molecular weight is 369 g/mol. The van der Waals surface area contributed by atoms with Crippen LogP contribution in [0.1, 0.15) is 80.5 Å². The first-order chi connectivity index (χ1) is 12.7. The molecule has 0 atom stereocenters. The Morgan fingerprint density at radius 2 is 1.69 bits per heavy atom. The average Bonchev–Trinajstić information content (AvgIpc) is 3.02. The number of hydrogen-bond donors (Lipinski definition) is 0. The Balaban J connectivity index is 2.30. The summed E-state index contributed by atoms with van der Waals surface area (Å²) in [7, 11) is 0. The topological polar surface area (TPSA) is 17.1 Å². The molecule has 26 heavy (non-hydrogen) atoms. The number of carbonyl (C=O) groups excluding carboxylic acids is 1. The summed E-state index contributed by atoms with van der Waals surface area (Å²) in [6.07, 6.45) is 13.6. The van der Waals surface area contributed by atoms with Crippen LogP contribution in [-0.4, -0.2) is 6.29 Å². The van der Waals surface area contributed by atoms with Gasteiger partial charge in [-0.1, -0.05) is 83.2 Å². The number of aldehydes is 1. The molecule has 0 spiro atoms.